The highest BCUT2D eigenvalue weighted by atomic mass is 16.5. The van der Waals surface area contributed by atoms with E-state index < -0.39 is 11.7 Å². The lowest BCUT2D eigenvalue weighted by molar-refractivity contribution is 0.0693. The van der Waals surface area contributed by atoms with E-state index in [-0.39, 0.29) is 39.1 Å². The van der Waals surface area contributed by atoms with E-state index in [4.69, 9.17) is 4.74 Å². The van der Waals surface area contributed by atoms with Gasteiger partial charge in [0.25, 0.3) is 0 Å². The zero-order valence-corrected chi connectivity index (χ0v) is 19.5. The molecule has 0 aromatic heterocycles. The van der Waals surface area contributed by atoms with Gasteiger partial charge in [-0.25, -0.2) is 4.79 Å². The number of carbonyl (C=O) groups is 1. The van der Waals surface area contributed by atoms with Gasteiger partial charge in [-0.1, -0.05) is 68.4 Å². The summed E-state index contributed by atoms with van der Waals surface area (Å²) in [6.07, 6.45) is 0. The number of aromatic carboxylic acids is 1. The zero-order chi connectivity index (χ0) is 23.2. The third-order valence-corrected chi connectivity index (χ3v) is 5.14. The van der Waals surface area contributed by atoms with Crippen molar-refractivity contribution < 1.29 is 24.9 Å². The molecule has 5 nitrogen and oxygen atoms in total. The molecule has 5 heteroatoms. The smallest absolute Gasteiger partial charge is 0.339 e. The maximum Gasteiger partial charge on any atom is 0.339 e. The number of benzene rings is 2. The van der Waals surface area contributed by atoms with Crippen LogP contribution < -0.4 is 4.74 Å². The van der Waals surface area contributed by atoms with Gasteiger partial charge in [0.1, 0.15) is 5.56 Å². The number of ether oxygens (including phenoxy) is 1. The number of hydrogen-bond acceptors (Lipinski definition) is 4. The van der Waals surface area contributed by atoms with Gasteiger partial charge in [0.05, 0.1) is 0 Å². The topological polar surface area (TPSA) is 87.0 Å². The van der Waals surface area contributed by atoms with Crippen molar-refractivity contribution in [3.05, 3.63) is 46.5 Å². The number of rotatable bonds is 3. The van der Waals surface area contributed by atoms with E-state index >= 15 is 0 Å². The number of aromatic hydroxyl groups is 2. The number of phenols is 2. The summed E-state index contributed by atoms with van der Waals surface area (Å²) in [5.74, 6) is -1.54. The minimum atomic E-state index is -1.24. The predicted molar refractivity (Wildman–Crippen MR) is 119 cm³/mol. The molecule has 2 rings (SSSR count). The Hall–Kier alpha value is -2.69. The summed E-state index contributed by atoms with van der Waals surface area (Å²) in [5, 5.41) is 31.1. The van der Waals surface area contributed by atoms with Crippen molar-refractivity contribution in [2.24, 2.45) is 0 Å². The molecule has 0 bridgehead atoms. The fourth-order valence-electron chi connectivity index (χ4n) is 3.09. The van der Waals surface area contributed by atoms with Crippen LogP contribution in [0.4, 0.5) is 0 Å². The molecule has 0 spiro atoms. The summed E-state index contributed by atoms with van der Waals surface area (Å²) in [7, 11) is 0. The van der Waals surface area contributed by atoms with Crippen LogP contribution in [0.5, 0.6) is 23.0 Å². The van der Waals surface area contributed by atoms with Crippen molar-refractivity contribution >= 4 is 5.97 Å². The third kappa shape index (κ3) is 4.89. The molecule has 3 N–H and O–H groups in total. The van der Waals surface area contributed by atoms with Crippen molar-refractivity contribution in [2.45, 2.75) is 78.6 Å². The monoisotopic (exact) mass is 414 g/mol. The van der Waals surface area contributed by atoms with E-state index in [1.807, 2.05) is 47.6 Å². The Balaban J connectivity index is 2.76. The summed E-state index contributed by atoms with van der Waals surface area (Å²) in [6, 6.07) is 6.79. The molecule has 2 aromatic carbocycles. The molecule has 30 heavy (non-hydrogen) atoms. The van der Waals surface area contributed by atoms with Crippen molar-refractivity contribution in [3.63, 3.8) is 0 Å². The first-order valence-corrected chi connectivity index (χ1v) is 10.1. The molecule has 0 aliphatic rings. The first-order valence-electron chi connectivity index (χ1n) is 10.1. The summed E-state index contributed by atoms with van der Waals surface area (Å²) in [5.41, 5.74) is 1.25. The third-order valence-electron chi connectivity index (χ3n) is 5.14. The molecule has 0 atom stereocenters. The molecule has 0 saturated carbocycles. The molecule has 164 valence electrons. The molecule has 0 aliphatic carbocycles. The van der Waals surface area contributed by atoms with Gasteiger partial charge in [-0.05, 0) is 45.6 Å². The van der Waals surface area contributed by atoms with Crippen LogP contribution in [0.25, 0.3) is 0 Å². The fraction of sp³-hybridized carbons (Fsp3) is 0.480. The maximum atomic E-state index is 11.7. The van der Waals surface area contributed by atoms with Gasteiger partial charge in [0.2, 0.25) is 0 Å². The van der Waals surface area contributed by atoms with E-state index in [0.717, 1.165) is 11.1 Å². The molecule has 0 fully saturated rings. The van der Waals surface area contributed by atoms with Crippen molar-refractivity contribution in [2.75, 3.05) is 0 Å². The first-order chi connectivity index (χ1) is 13.4. The number of carboxylic acids is 1. The highest BCUT2D eigenvalue weighted by Crippen LogP contribution is 2.45. The fourth-order valence-corrected chi connectivity index (χ4v) is 3.09. The Bertz CT molecular complexity index is 967. The average Bonchev–Trinajstić information content (AvgIpc) is 2.54. The SMILES string of the molecule is CC(C)(C)c1cc(Oc2cc(C(C)(C)C)cc(C(C)(C)C)c2O)c(O)c(C(=O)O)c1. The summed E-state index contributed by atoms with van der Waals surface area (Å²) in [4.78, 5) is 11.7. The normalized spacial score (nSPS) is 12.7. The van der Waals surface area contributed by atoms with Crippen LogP contribution in [0.2, 0.25) is 0 Å². The van der Waals surface area contributed by atoms with Crippen LogP contribution >= 0.6 is 0 Å². The average molecular weight is 415 g/mol. The van der Waals surface area contributed by atoms with E-state index in [1.54, 1.807) is 12.1 Å². The van der Waals surface area contributed by atoms with Gasteiger partial charge in [-0.2, -0.15) is 0 Å². The number of hydrogen-bond donors (Lipinski definition) is 3. The number of carboxylic acid groups (broad SMARTS) is 1. The summed E-state index contributed by atoms with van der Waals surface area (Å²) >= 11 is 0. The molecule has 0 saturated heterocycles. The zero-order valence-electron chi connectivity index (χ0n) is 19.5. The summed E-state index contributed by atoms with van der Waals surface area (Å²) in [6.45, 7) is 18.0. The molecule has 0 heterocycles. The van der Waals surface area contributed by atoms with Crippen LogP contribution in [0.15, 0.2) is 24.3 Å². The highest BCUT2D eigenvalue weighted by Gasteiger charge is 2.28. The Labute approximate surface area is 179 Å². The van der Waals surface area contributed by atoms with Crippen LogP contribution in [0.1, 0.15) is 89.4 Å². The molecular weight excluding hydrogens is 380 g/mol. The second-order valence-corrected chi connectivity index (χ2v) is 10.9. The lowest BCUT2D eigenvalue weighted by Crippen LogP contribution is -2.17. The second-order valence-electron chi connectivity index (χ2n) is 10.9. The van der Waals surface area contributed by atoms with Gasteiger partial charge in [0, 0.05) is 5.56 Å². The van der Waals surface area contributed by atoms with Crippen LogP contribution in [0, 0.1) is 0 Å². The quantitative estimate of drug-likeness (QED) is 0.535. The Morgan fingerprint density at radius 2 is 1.13 bits per heavy atom. The van der Waals surface area contributed by atoms with Crippen molar-refractivity contribution in [3.8, 4) is 23.0 Å². The van der Waals surface area contributed by atoms with E-state index in [9.17, 15) is 20.1 Å². The Morgan fingerprint density at radius 3 is 1.53 bits per heavy atom. The van der Waals surface area contributed by atoms with Gasteiger partial charge < -0.3 is 20.1 Å². The molecule has 0 unspecified atom stereocenters. The predicted octanol–water partition coefficient (Wildman–Crippen LogP) is 6.48. The lowest BCUT2D eigenvalue weighted by atomic mass is 9.80. The molecule has 0 amide bonds. The lowest BCUT2D eigenvalue weighted by Gasteiger charge is -2.27. The van der Waals surface area contributed by atoms with Crippen LogP contribution in [0.3, 0.4) is 0 Å². The molecule has 2 aromatic rings. The first kappa shape index (κ1) is 23.6. The van der Waals surface area contributed by atoms with Gasteiger partial charge >= 0.3 is 5.97 Å². The number of phenolic OH excluding ortho intramolecular Hbond substituents is 1. The Kier molecular flexibility index (Phi) is 5.92. The highest BCUT2D eigenvalue weighted by molar-refractivity contribution is 5.92. The summed E-state index contributed by atoms with van der Waals surface area (Å²) < 4.78 is 5.97. The molecule has 0 radical (unpaired) electrons. The van der Waals surface area contributed by atoms with Crippen molar-refractivity contribution in [1.82, 2.24) is 0 Å². The largest absolute Gasteiger partial charge is 0.504 e. The second kappa shape index (κ2) is 7.53. The van der Waals surface area contributed by atoms with E-state index in [2.05, 4.69) is 20.8 Å². The standard InChI is InChI=1S/C25H34O5/c1-23(2,3)14-10-16(22(28)29)20(26)18(12-14)30-19-13-15(24(4,5)6)11-17(21(19)27)25(7,8)9/h10-13,26-27H,1-9H3,(H,28,29). The minimum Gasteiger partial charge on any atom is -0.504 e. The molecular formula is C25H34O5. The van der Waals surface area contributed by atoms with Crippen LogP contribution in [-0.2, 0) is 16.2 Å². The van der Waals surface area contributed by atoms with Crippen molar-refractivity contribution in [1.29, 1.82) is 0 Å². The Morgan fingerprint density at radius 1 is 0.700 bits per heavy atom. The van der Waals surface area contributed by atoms with E-state index in [0.29, 0.717) is 5.56 Å². The van der Waals surface area contributed by atoms with Gasteiger partial charge in [0.15, 0.2) is 23.0 Å². The van der Waals surface area contributed by atoms with Gasteiger partial charge in [-0.3, -0.25) is 0 Å². The minimum absolute atomic E-state index is 0.000966. The van der Waals surface area contributed by atoms with E-state index in [1.165, 1.54) is 6.07 Å². The maximum absolute atomic E-state index is 11.7. The van der Waals surface area contributed by atoms with Crippen LogP contribution in [-0.4, -0.2) is 21.3 Å². The van der Waals surface area contributed by atoms with Gasteiger partial charge in [-0.15, -0.1) is 0 Å². The molecule has 0 aliphatic heterocycles.